The second-order valence-electron chi connectivity index (χ2n) is 4.64. The molecule has 0 heterocycles. The van der Waals surface area contributed by atoms with Crippen molar-refractivity contribution in [2.24, 2.45) is 0 Å². The molecule has 120 valence electrons. The van der Waals surface area contributed by atoms with Crippen molar-refractivity contribution < 1.29 is 23.8 Å². The molecule has 0 aromatic heterocycles. The molecule has 1 amide bonds. The number of amides is 1. The number of nitrogens with one attached hydrogen (secondary N) is 1. The van der Waals surface area contributed by atoms with Gasteiger partial charge in [0, 0.05) is 11.6 Å². The Balaban J connectivity index is 1.81. The molecule has 0 atom stereocenters. The number of hydrogen-bond donors (Lipinski definition) is 2. The van der Waals surface area contributed by atoms with Crippen LogP contribution in [0.15, 0.2) is 42.5 Å². The zero-order valence-electron chi connectivity index (χ0n) is 11.9. The minimum atomic E-state index is -0.837. The molecule has 5 nitrogen and oxygen atoms in total. The molecule has 0 radical (unpaired) electrons. The van der Waals surface area contributed by atoms with E-state index in [0.29, 0.717) is 5.56 Å². The predicted octanol–water partition coefficient (Wildman–Crippen LogP) is 2.66. The molecule has 23 heavy (non-hydrogen) atoms. The van der Waals surface area contributed by atoms with Crippen LogP contribution in [0.25, 0.3) is 0 Å². The highest BCUT2D eigenvalue weighted by molar-refractivity contribution is 6.30. The monoisotopic (exact) mass is 337 g/mol. The Morgan fingerprint density at radius 2 is 1.87 bits per heavy atom. The fraction of sp³-hybridized carbons (Fsp3) is 0.125. The van der Waals surface area contributed by atoms with Crippen molar-refractivity contribution in [3.05, 3.63) is 64.4 Å². The van der Waals surface area contributed by atoms with Gasteiger partial charge in [-0.05, 0) is 35.9 Å². The summed E-state index contributed by atoms with van der Waals surface area (Å²) in [6.07, 6.45) is 0. The standard InChI is InChI=1S/C16H13ClFNO4/c17-11-3-6-13(14(20)7-11)16(22)23-9-15(21)19-8-10-1-4-12(18)5-2-10/h1-7,20H,8-9H2,(H,19,21). The Kier molecular flexibility index (Phi) is 5.54. The van der Waals surface area contributed by atoms with Gasteiger partial charge in [-0.2, -0.15) is 0 Å². The average molecular weight is 338 g/mol. The van der Waals surface area contributed by atoms with Crippen LogP contribution in [0.2, 0.25) is 5.02 Å². The highest BCUT2D eigenvalue weighted by Crippen LogP contribution is 2.22. The van der Waals surface area contributed by atoms with Gasteiger partial charge in [0.2, 0.25) is 0 Å². The highest BCUT2D eigenvalue weighted by atomic mass is 35.5. The van der Waals surface area contributed by atoms with E-state index < -0.39 is 18.5 Å². The first-order valence-electron chi connectivity index (χ1n) is 6.62. The Hall–Kier alpha value is -2.60. The number of benzene rings is 2. The van der Waals surface area contributed by atoms with Gasteiger partial charge in [-0.25, -0.2) is 9.18 Å². The molecule has 2 rings (SSSR count). The van der Waals surface area contributed by atoms with E-state index in [4.69, 9.17) is 16.3 Å². The van der Waals surface area contributed by atoms with Crippen molar-refractivity contribution in [3.63, 3.8) is 0 Å². The number of aromatic hydroxyl groups is 1. The summed E-state index contributed by atoms with van der Waals surface area (Å²) in [7, 11) is 0. The lowest BCUT2D eigenvalue weighted by Crippen LogP contribution is -2.28. The number of carbonyl (C=O) groups excluding carboxylic acids is 2. The molecular formula is C16H13ClFNO4. The predicted molar refractivity (Wildman–Crippen MR) is 81.6 cm³/mol. The highest BCUT2D eigenvalue weighted by Gasteiger charge is 2.14. The Morgan fingerprint density at radius 1 is 1.17 bits per heavy atom. The van der Waals surface area contributed by atoms with E-state index in [1.54, 1.807) is 0 Å². The molecule has 7 heteroatoms. The summed E-state index contributed by atoms with van der Waals surface area (Å²) in [5.74, 6) is -2.04. The molecule has 0 aliphatic heterocycles. The van der Waals surface area contributed by atoms with Crippen LogP contribution < -0.4 is 5.32 Å². The van der Waals surface area contributed by atoms with Crippen molar-refractivity contribution in [2.75, 3.05) is 6.61 Å². The summed E-state index contributed by atoms with van der Waals surface area (Å²) < 4.78 is 17.5. The van der Waals surface area contributed by atoms with Gasteiger partial charge < -0.3 is 15.2 Å². The zero-order chi connectivity index (χ0) is 16.8. The molecule has 0 fully saturated rings. The third-order valence-corrected chi connectivity index (χ3v) is 3.15. The van der Waals surface area contributed by atoms with Crippen molar-refractivity contribution in [1.82, 2.24) is 5.32 Å². The largest absolute Gasteiger partial charge is 0.507 e. The van der Waals surface area contributed by atoms with Crippen LogP contribution in [-0.4, -0.2) is 23.6 Å². The molecule has 0 aliphatic rings. The van der Waals surface area contributed by atoms with Gasteiger partial charge in [-0.3, -0.25) is 4.79 Å². The summed E-state index contributed by atoms with van der Waals surface area (Å²) in [5.41, 5.74) is 0.627. The fourth-order valence-corrected chi connectivity index (χ4v) is 1.91. The minimum absolute atomic E-state index is 0.0827. The number of halogens is 2. The van der Waals surface area contributed by atoms with E-state index >= 15 is 0 Å². The Labute approximate surface area is 136 Å². The van der Waals surface area contributed by atoms with Crippen molar-refractivity contribution in [3.8, 4) is 5.75 Å². The van der Waals surface area contributed by atoms with Crippen molar-refractivity contribution >= 4 is 23.5 Å². The molecule has 0 saturated heterocycles. The summed E-state index contributed by atoms with van der Waals surface area (Å²) in [6, 6.07) is 9.56. The number of esters is 1. The van der Waals surface area contributed by atoms with Gasteiger partial charge in [0.1, 0.15) is 17.1 Å². The Bertz CT molecular complexity index is 719. The summed E-state index contributed by atoms with van der Waals surface area (Å²) >= 11 is 5.66. The van der Waals surface area contributed by atoms with Gasteiger partial charge in [-0.15, -0.1) is 0 Å². The lowest BCUT2D eigenvalue weighted by atomic mass is 10.2. The molecule has 2 aromatic rings. The molecule has 2 N–H and O–H groups in total. The molecule has 0 aliphatic carbocycles. The maximum Gasteiger partial charge on any atom is 0.342 e. The minimum Gasteiger partial charge on any atom is -0.507 e. The van der Waals surface area contributed by atoms with E-state index in [1.807, 2.05) is 0 Å². The number of carbonyl (C=O) groups is 2. The van der Waals surface area contributed by atoms with Gasteiger partial charge in [0.05, 0.1) is 0 Å². The van der Waals surface area contributed by atoms with Gasteiger partial charge in [0.15, 0.2) is 6.61 Å². The molecule has 2 aromatic carbocycles. The molecular weight excluding hydrogens is 325 g/mol. The number of hydrogen-bond acceptors (Lipinski definition) is 4. The normalized spacial score (nSPS) is 10.2. The van der Waals surface area contributed by atoms with Crippen LogP contribution in [0.1, 0.15) is 15.9 Å². The molecule has 0 unspecified atom stereocenters. The number of rotatable bonds is 5. The van der Waals surface area contributed by atoms with E-state index in [2.05, 4.69) is 5.32 Å². The lowest BCUT2D eigenvalue weighted by Gasteiger charge is -2.08. The van der Waals surface area contributed by atoms with Crippen molar-refractivity contribution in [2.45, 2.75) is 6.54 Å². The fourth-order valence-electron chi connectivity index (χ4n) is 1.74. The van der Waals surface area contributed by atoms with Crippen LogP contribution in [0.4, 0.5) is 4.39 Å². The summed E-state index contributed by atoms with van der Waals surface area (Å²) in [5, 5.41) is 12.4. The quantitative estimate of drug-likeness (QED) is 0.822. The SMILES string of the molecule is O=C(COC(=O)c1ccc(Cl)cc1O)NCc1ccc(F)cc1. The topological polar surface area (TPSA) is 75.6 Å². The average Bonchev–Trinajstić information content (AvgIpc) is 2.52. The zero-order valence-corrected chi connectivity index (χ0v) is 12.6. The van der Waals surface area contributed by atoms with E-state index in [1.165, 1.54) is 42.5 Å². The maximum absolute atomic E-state index is 12.7. The third kappa shape index (κ3) is 4.96. The van der Waals surface area contributed by atoms with Crippen molar-refractivity contribution in [1.29, 1.82) is 0 Å². The van der Waals surface area contributed by atoms with E-state index in [-0.39, 0.29) is 28.7 Å². The molecule has 0 spiro atoms. The first-order chi connectivity index (χ1) is 11.0. The van der Waals surface area contributed by atoms with E-state index in [9.17, 15) is 19.1 Å². The first kappa shape index (κ1) is 16.8. The van der Waals surface area contributed by atoms with Crippen LogP contribution in [0, 0.1) is 5.82 Å². The van der Waals surface area contributed by atoms with Crippen LogP contribution in [0.3, 0.4) is 0 Å². The maximum atomic E-state index is 12.7. The van der Waals surface area contributed by atoms with Gasteiger partial charge in [0.25, 0.3) is 5.91 Å². The number of phenolic OH excluding ortho intramolecular Hbond substituents is 1. The number of phenols is 1. The molecule has 0 saturated carbocycles. The Morgan fingerprint density at radius 3 is 2.52 bits per heavy atom. The van der Waals surface area contributed by atoms with Crippen LogP contribution in [-0.2, 0) is 16.1 Å². The lowest BCUT2D eigenvalue weighted by molar-refractivity contribution is -0.124. The summed E-state index contributed by atoms with van der Waals surface area (Å²) in [6.45, 7) is -0.315. The smallest absolute Gasteiger partial charge is 0.342 e. The van der Waals surface area contributed by atoms with E-state index in [0.717, 1.165) is 0 Å². The first-order valence-corrected chi connectivity index (χ1v) is 7.00. The second kappa shape index (κ2) is 7.60. The second-order valence-corrected chi connectivity index (χ2v) is 5.08. The van der Waals surface area contributed by atoms with Gasteiger partial charge >= 0.3 is 5.97 Å². The summed E-state index contributed by atoms with van der Waals surface area (Å²) in [4.78, 5) is 23.4. The van der Waals surface area contributed by atoms with Crippen LogP contribution in [0.5, 0.6) is 5.75 Å². The van der Waals surface area contributed by atoms with Crippen LogP contribution >= 0.6 is 11.6 Å². The third-order valence-electron chi connectivity index (χ3n) is 2.92. The van der Waals surface area contributed by atoms with Gasteiger partial charge in [-0.1, -0.05) is 23.7 Å². The molecule has 0 bridgehead atoms. The number of ether oxygens (including phenoxy) is 1.